The van der Waals surface area contributed by atoms with Crippen LogP contribution in [0.2, 0.25) is 0 Å². The Hall–Kier alpha value is -1.49. The van der Waals surface area contributed by atoms with Gasteiger partial charge in [0.1, 0.15) is 0 Å². The lowest BCUT2D eigenvalue weighted by Crippen LogP contribution is -2.49. The monoisotopic (exact) mass is 342 g/mol. The normalized spacial score (nSPS) is 36.2. The van der Waals surface area contributed by atoms with E-state index in [0.29, 0.717) is 17.6 Å². The molecule has 5 aliphatic rings. The van der Waals surface area contributed by atoms with E-state index in [4.69, 9.17) is 0 Å². The molecule has 0 radical (unpaired) electrons. The summed E-state index contributed by atoms with van der Waals surface area (Å²) in [5.41, 5.74) is 1.62. The highest BCUT2D eigenvalue weighted by molar-refractivity contribution is 8.00. The minimum absolute atomic E-state index is 0.0250. The van der Waals surface area contributed by atoms with Crippen LogP contribution in [0.3, 0.4) is 0 Å². The van der Waals surface area contributed by atoms with E-state index >= 15 is 0 Å². The van der Waals surface area contributed by atoms with Crippen molar-refractivity contribution in [2.75, 3.05) is 16.4 Å². The SMILES string of the molecule is O=C1CSc2ccc(NC(=O)C3C4CC5CC(C4)CC3C5)cc2N1. The molecule has 4 fully saturated rings. The summed E-state index contributed by atoms with van der Waals surface area (Å²) in [6.07, 6.45) is 6.41. The largest absolute Gasteiger partial charge is 0.326 e. The van der Waals surface area contributed by atoms with Gasteiger partial charge in [0.2, 0.25) is 11.8 Å². The fraction of sp³-hybridized carbons (Fsp3) is 0.579. The quantitative estimate of drug-likeness (QED) is 0.861. The zero-order valence-electron chi connectivity index (χ0n) is 13.6. The molecule has 2 N–H and O–H groups in total. The van der Waals surface area contributed by atoms with Gasteiger partial charge in [-0.2, -0.15) is 0 Å². The van der Waals surface area contributed by atoms with Crippen molar-refractivity contribution in [1.29, 1.82) is 0 Å². The first kappa shape index (κ1) is 14.8. The molecule has 4 bridgehead atoms. The maximum atomic E-state index is 12.9. The second kappa shape index (κ2) is 5.51. The summed E-state index contributed by atoms with van der Waals surface area (Å²) in [7, 11) is 0. The number of carbonyl (C=O) groups excluding carboxylic acids is 2. The van der Waals surface area contributed by atoms with Crippen molar-refractivity contribution in [3.05, 3.63) is 18.2 Å². The van der Waals surface area contributed by atoms with Gasteiger partial charge in [-0.15, -0.1) is 11.8 Å². The van der Waals surface area contributed by atoms with Crippen LogP contribution in [0.25, 0.3) is 0 Å². The highest BCUT2D eigenvalue weighted by atomic mass is 32.2. The van der Waals surface area contributed by atoms with Crippen LogP contribution in [-0.2, 0) is 9.59 Å². The third-order valence-corrected chi connectivity index (χ3v) is 7.48. The van der Waals surface area contributed by atoms with Crippen LogP contribution in [0, 0.1) is 29.6 Å². The van der Waals surface area contributed by atoms with Gasteiger partial charge in [-0.25, -0.2) is 0 Å². The van der Waals surface area contributed by atoms with Gasteiger partial charge < -0.3 is 10.6 Å². The van der Waals surface area contributed by atoms with Gasteiger partial charge in [-0.3, -0.25) is 9.59 Å². The maximum Gasteiger partial charge on any atom is 0.234 e. The molecule has 0 atom stereocenters. The zero-order chi connectivity index (χ0) is 16.3. The number of amides is 2. The molecular weight excluding hydrogens is 320 g/mol. The lowest BCUT2D eigenvalue weighted by Gasteiger charge is -2.53. The van der Waals surface area contributed by atoms with Gasteiger partial charge in [-0.1, -0.05) is 0 Å². The molecule has 0 unspecified atom stereocenters. The van der Waals surface area contributed by atoms with Crippen molar-refractivity contribution in [3.63, 3.8) is 0 Å². The Bertz CT molecular complexity index is 689. The molecule has 0 aromatic heterocycles. The predicted octanol–water partition coefficient (Wildman–Crippen LogP) is 3.74. The molecule has 5 heteroatoms. The predicted molar refractivity (Wildman–Crippen MR) is 95.0 cm³/mol. The third-order valence-electron chi connectivity index (χ3n) is 6.41. The molecule has 24 heavy (non-hydrogen) atoms. The number of rotatable bonds is 2. The summed E-state index contributed by atoms with van der Waals surface area (Å²) in [6, 6.07) is 5.84. The van der Waals surface area contributed by atoms with E-state index in [1.54, 1.807) is 11.8 Å². The average molecular weight is 342 g/mol. The Morgan fingerprint density at radius 2 is 1.79 bits per heavy atom. The molecule has 1 aromatic carbocycles. The summed E-state index contributed by atoms with van der Waals surface area (Å²) in [6.45, 7) is 0. The van der Waals surface area contributed by atoms with Crippen molar-refractivity contribution < 1.29 is 9.59 Å². The van der Waals surface area contributed by atoms with E-state index in [-0.39, 0.29) is 17.7 Å². The number of thioether (sulfide) groups is 1. The Labute approximate surface area is 146 Å². The van der Waals surface area contributed by atoms with E-state index in [1.807, 2.05) is 18.2 Å². The van der Waals surface area contributed by atoms with Gasteiger partial charge in [0.25, 0.3) is 0 Å². The minimum Gasteiger partial charge on any atom is -0.326 e. The summed E-state index contributed by atoms with van der Waals surface area (Å²) >= 11 is 1.55. The number of anilines is 2. The molecule has 6 rings (SSSR count). The van der Waals surface area contributed by atoms with Crippen molar-refractivity contribution >= 4 is 35.0 Å². The Morgan fingerprint density at radius 3 is 2.50 bits per heavy atom. The lowest BCUT2D eigenvalue weighted by molar-refractivity contribution is -0.132. The van der Waals surface area contributed by atoms with Crippen LogP contribution in [0.1, 0.15) is 32.1 Å². The van der Waals surface area contributed by atoms with Crippen molar-refractivity contribution in [3.8, 4) is 0 Å². The van der Waals surface area contributed by atoms with Crippen LogP contribution >= 0.6 is 11.8 Å². The second-order valence-electron chi connectivity index (χ2n) is 7.99. The average Bonchev–Trinajstić information content (AvgIpc) is 2.53. The van der Waals surface area contributed by atoms with Crippen molar-refractivity contribution in [2.45, 2.75) is 37.0 Å². The van der Waals surface area contributed by atoms with Crippen LogP contribution in [0.15, 0.2) is 23.1 Å². The van der Waals surface area contributed by atoms with Crippen LogP contribution < -0.4 is 10.6 Å². The highest BCUT2D eigenvalue weighted by Gasteiger charge is 2.50. The number of carbonyl (C=O) groups is 2. The number of nitrogens with one attached hydrogen (secondary N) is 2. The van der Waals surface area contributed by atoms with Gasteiger partial charge in [-0.05, 0) is 74.0 Å². The van der Waals surface area contributed by atoms with Crippen molar-refractivity contribution in [2.24, 2.45) is 29.6 Å². The molecule has 1 aromatic rings. The fourth-order valence-corrected chi connectivity index (χ4v) is 6.53. The number of fused-ring (bicyclic) bond motifs is 1. The molecule has 1 heterocycles. The van der Waals surface area contributed by atoms with Crippen molar-refractivity contribution in [1.82, 2.24) is 0 Å². The number of benzene rings is 1. The van der Waals surface area contributed by atoms with Gasteiger partial charge in [0, 0.05) is 16.5 Å². The first-order valence-electron chi connectivity index (χ1n) is 9.03. The third kappa shape index (κ3) is 2.44. The molecule has 0 saturated heterocycles. The maximum absolute atomic E-state index is 12.9. The summed E-state index contributed by atoms with van der Waals surface area (Å²) in [5.74, 6) is 3.82. The fourth-order valence-electron chi connectivity index (χ4n) is 5.74. The summed E-state index contributed by atoms with van der Waals surface area (Å²) in [4.78, 5) is 25.6. The Balaban J connectivity index is 1.34. The molecule has 4 saturated carbocycles. The van der Waals surface area contributed by atoms with E-state index < -0.39 is 0 Å². The molecule has 4 nitrogen and oxygen atoms in total. The Kier molecular flexibility index (Phi) is 3.40. The van der Waals surface area contributed by atoms with E-state index in [0.717, 1.165) is 28.1 Å². The molecule has 4 aliphatic carbocycles. The zero-order valence-corrected chi connectivity index (χ0v) is 14.4. The number of hydrogen-bond donors (Lipinski definition) is 2. The number of hydrogen-bond acceptors (Lipinski definition) is 3. The van der Waals surface area contributed by atoms with E-state index in [1.165, 1.54) is 32.1 Å². The van der Waals surface area contributed by atoms with Gasteiger partial charge in [0.15, 0.2) is 0 Å². The van der Waals surface area contributed by atoms with E-state index in [9.17, 15) is 9.59 Å². The first-order valence-corrected chi connectivity index (χ1v) is 10.0. The topological polar surface area (TPSA) is 58.2 Å². The van der Waals surface area contributed by atoms with E-state index in [2.05, 4.69) is 10.6 Å². The highest BCUT2D eigenvalue weighted by Crippen LogP contribution is 2.56. The molecule has 126 valence electrons. The lowest BCUT2D eigenvalue weighted by atomic mass is 9.51. The van der Waals surface area contributed by atoms with Gasteiger partial charge >= 0.3 is 0 Å². The molecule has 1 aliphatic heterocycles. The van der Waals surface area contributed by atoms with Crippen LogP contribution in [-0.4, -0.2) is 17.6 Å². The first-order chi connectivity index (χ1) is 11.7. The second-order valence-corrected chi connectivity index (χ2v) is 9.01. The minimum atomic E-state index is 0.0250. The smallest absolute Gasteiger partial charge is 0.234 e. The van der Waals surface area contributed by atoms with Gasteiger partial charge in [0.05, 0.1) is 11.4 Å². The summed E-state index contributed by atoms with van der Waals surface area (Å²) in [5, 5.41) is 6.03. The summed E-state index contributed by atoms with van der Waals surface area (Å²) < 4.78 is 0. The van der Waals surface area contributed by atoms with Crippen LogP contribution in [0.5, 0.6) is 0 Å². The molecule has 0 spiro atoms. The standard InChI is InChI=1S/C19H22N2O2S/c22-17-9-24-16-2-1-14(8-15(16)21-17)20-19(23)18-12-4-10-3-11(6-12)7-13(18)5-10/h1-2,8,10-13,18H,3-7,9H2,(H,20,23)(H,21,22). The molecular formula is C19H22N2O2S. The molecule has 2 amide bonds. The van der Waals surface area contributed by atoms with Crippen LogP contribution in [0.4, 0.5) is 11.4 Å². The Morgan fingerprint density at radius 1 is 1.08 bits per heavy atom.